The Balaban J connectivity index is 1.83. The molecule has 0 bridgehead atoms. The molecule has 0 fully saturated rings. The van der Waals surface area contributed by atoms with Gasteiger partial charge in [-0.25, -0.2) is 9.97 Å². The van der Waals surface area contributed by atoms with Crippen LogP contribution < -0.4 is 10.4 Å². The zero-order valence-corrected chi connectivity index (χ0v) is 12.2. The van der Waals surface area contributed by atoms with Gasteiger partial charge < -0.3 is 4.42 Å². The van der Waals surface area contributed by atoms with Crippen molar-refractivity contribution in [2.45, 2.75) is 27.7 Å². The van der Waals surface area contributed by atoms with E-state index in [1.807, 2.05) is 44.8 Å². The zero-order chi connectivity index (χ0) is 14.3. The van der Waals surface area contributed by atoms with Crippen LogP contribution in [0.1, 0.15) is 28.5 Å². The van der Waals surface area contributed by atoms with E-state index in [2.05, 4.69) is 21.5 Å². The second-order valence-electron chi connectivity index (χ2n) is 5.12. The topological polar surface area (TPSA) is 54.2 Å². The first-order chi connectivity index (χ1) is 9.52. The minimum atomic E-state index is 0.701. The van der Waals surface area contributed by atoms with E-state index in [9.17, 15) is 0 Å². The molecular formula is C15H18N4O. The van der Waals surface area contributed by atoms with Gasteiger partial charge in [0.15, 0.2) is 0 Å². The maximum Gasteiger partial charge on any atom is 0.245 e. The van der Waals surface area contributed by atoms with Crippen molar-refractivity contribution in [3.05, 3.63) is 46.7 Å². The Morgan fingerprint density at radius 3 is 2.40 bits per heavy atom. The molecule has 1 aliphatic rings. The first kappa shape index (κ1) is 12.7. The van der Waals surface area contributed by atoms with Gasteiger partial charge in [-0.15, -0.1) is 0 Å². The van der Waals surface area contributed by atoms with E-state index >= 15 is 0 Å². The second-order valence-corrected chi connectivity index (χ2v) is 5.12. The van der Waals surface area contributed by atoms with E-state index in [1.54, 1.807) is 0 Å². The quantitative estimate of drug-likeness (QED) is 0.909. The molecule has 5 nitrogen and oxygen atoms in total. The Morgan fingerprint density at radius 1 is 1.10 bits per heavy atom. The van der Waals surface area contributed by atoms with Crippen molar-refractivity contribution >= 4 is 11.6 Å². The van der Waals surface area contributed by atoms with Crippen LogP contribution >= 0.6 is 0 Å². The molecule has 104 valence electrons. The summed E-state index contributed by atoms with van der Waals surface area (Å²) in [5.74, 6) is 2.54. The lowest BCUT2D eigenvalue weighted by molar-refractivity contribution is 0.503. The van der Waals surface area contributed by atoms with Crippen molar-refractivity contribution in [2.75, 3.05) is 11.6 Å². The van der Waals surface area contributed by atoms with Gasteiger partial charge in [-0.1, -0.05) is 0 Å². The Labute approximate surface area is 118 Å². The molecule has 2 aromatic heterocycles. The van der Waals surface area contributed by atoms with Crippen LogP contribution in [0.15, 0.2) is 22.6 Å². The maximum atomic E-state index is 5.58. The van der Waals surface area contributed by atoms with E-state index in [0.717, 1.165) is 40.7 Å². The first-order valence-corrected chi connectivity index (χ1v) is 6.67. The van der Waals surface area contributed by atoms with Gasteiger partial charge in [0.25, 0.3) is 0 Å². The van der Waals surface area contributed by atoms with Crippen molar-refractivity contribution in [3.8, 4) is 0 Å². The monoisotopic (exact) mass is 270 g/mol. The van der Waals surface area contributed by atoms with Crippen LogP contribution in [0.4, 0.5) is 5.95 Å². The molecule has 0 unspecified atom stereocenters. The highest BCUT2D eigenvalue weighted by Gasteiger charge is 2.20. The highest BCUT2D eigenvalue weighted by molar-refractivity contribution is 5.70. The van der Waals surface area contributed by atoms with E-state index in [0.29, 0.717) is 5.95 Å². The van der Waals surface area contributed by atoms with Crippen LogP contribution in [0, 0.1) is 27.7 Å². The molecule has 0 amide bonds. The largest absolute Gasteiger partial charge is 0.466 e. The number of hydrogen-bond donors (Lipinski definition) is 1. The fraction of sp³-hybridized carbons (Fsp3) is 0.333. The average molecular weight is 270 g/mol. The average Bonchev–Trinajstić information content (AvgIpc) is 2.94. The number of rotatable bonds is 2. The van der Waals surface area contributed by atoms with Crippen LogP contribution in [-0.4, -0.2) is 16.5 Å². The van der Waals surface area contributed by atoms with Gasteiger partial charge >= 0.3 is 0 Å². The van der Waals surface area contributed by atoms with Crippen molar-refractivity contribution in [3.63, 3.8) is 0 Å². The third-order valence-electron chi connectivity index (χ3n) is 3.28. The zero-order valence-electron chi connectivity index (χ0n) is 12.2. The predicted octanol–water partition coefficient (Wildman–Crippen LogP) is 2.67. The lowest BCUT2D eigenvalue weighted by Gasteiger charge is -2.18. The summed E-state index contributed by atoms with van der Waals surface area (Å²) in [7, 11) is 0. The van der Waals surface area contributed by atoms with Gasteiger partial charge in [0.1, 0.15) is 11.5 Å². The molecule has 0 saturated heterocycles. The summed E-state index contributed by atoms with van der Waals surface area (Å²) < 4.78 is 5.58. The number of aryl methyl sites for hydroxylation is 4. The Hall–Kier alpha value is -2.30. The van der Waals surface area contributed by atoms with Crippen molar-refractivity contribution in [2.24, 2.45) is 0 Å². The van der Waals surface area contributed by atoms with Crippen LogP contribution in [0.2, 0.25) is 0 Å². The Morgan fingerprint density at radius 2 is 1.80 bits per heavy atom. The number of nitrogens with zero attached hydrogens (tertiary/aromatic N) is 3. The van der Waals surface area contributed by atoms with Gasteiger partial charge in [-0.2, -0.15) is 0 Å². The summed E-state index contributed by atoms with van der Waals surface area (Å²) in [4.78, 5) is 8.93. The summed E-state index contributed by atoms with van der Waals surface area (Å²) >= 11 is 0. The van der Waals surface area contributed by atoms with Gasteiger partial charge in [0.2, 0.25) is 5.95 Å². The number of anilines is 1. The molecule has 0 aromatic carbocycles. The Kier molecular flexibility index (Phi) is 2.97. The summed E-state index contributed by atoms with van der Waals surface area (Å²) in [6.07, 6.45) is 2.12. The molecule has 3 rings (SSSR count). The molecule has 0 saturated carbocycles. The molecule has 0 spiro atoms. The van der Waals surface area contributed by atoms with Crippen LogP contribution in [0.5, 0.6) is 0 Å². The predicted molar refractivity (Wildman–Crippen MR) is 78.1 cm³/mol. The molecule has 1 aliphatic heterocycles. The number of nitrogens with one attached hydrogen (secondary N) is 1. The number of aromatic nitrogens is 2. The minimum Gasteiger partial charge on any atom is -0.466 e. The summed E-state index contributed by atoms with van der Waals surface area (Å²) in [6.45, 7) is 8.62. The number of hydrogen-bond acceptors (Lipinski definition) is 5. The Bertz CT molecular complexity index is 667. The fourth-order valence-electron chi connectivity index (χ4n) is 2.45. The lowest BCUT2D eigenvalue weighted by atomic mass is 10.2. The highest BCUT2D eigenvalue weighted by Crippen LogP contribution is 2.24. The number of furan rings is 1. The van der Waals surface area contributed by atoms with E-state index in [1.165, 1.54) is 0 Å². The number of hydrazine groups is 1. The molecule has 3 heterocycles. The van der Waals surface area contributed by atoms with Crippen LogP contribution in [0.3, 0.4) is 0 Å². The van der Waals surface area contributed by atoms with Crippen molar-refractivity contribution in [1.82, 2.24) is 15.4 Å². The smallest absolute Gasteiger partial charge is 0.245 e. The van der Waals surface area contributed by atoms with Crippen LogP contribution in [0.25, 0.3) is 5.70 Å². The van der Waals surface area contributed by atoms with Crippen molar-refractivity contribution < 1.29 is 4.42 Å². The molecule has 2 aromatic rings. The van der Waals surface area contributed by atoms with Gasteiger partial charge in [0.05, 0.1) is 12.2 Å². The normalized spacial score (nSPS) is 14.4. The molecule has 20 heavy (non-hydrogen) atoms. The summed E-state index contributed by atoms with van der Waals surface area (Å²) in [5.41, 5.74) is 7.42. The highest BCUT2D eigenvalue weighted by atomic mass is 16.3. The molecule has 1 N–H and O–H groups in total. The maximum absolute atomic E-state index is 5.58. The van der Waals surface area contributed by atoms with E-state index in [-0.39, 0.29) is 0 Å². The van der Waals surface area contributed by atoms with Crippen LogP contribution in [-0.2, 0) is 0 Å². The molecule has 0 radical (unpaired) electrons. The second kappa shape index (κ2) is 4.67. The van der Waals surface area contributed by atoms with Gasteiger partial charge in [-0.3, -0.25) is 10.4 Å². The van der Waals surface area contributed by atoms with Gasteiger partial charge in [-0.05, 0) is 45.9 Å². The minimum absolute atomic E-state index is 0.701. The third-order valence-corrected chi connectivity index (χ3v) is 3.28. The fourth-order valence-corrected chi connectivity index (χ4v) is 2.45. The SMILES string of the molecule is Cc1cc(C)nc(N2CC=C(c3cc(C)oc3C)N2)n1. The van der Waals surface area contributed by atoms with E-state index in [4.69, 9.17) is 4.42 Å². The molecule has 0 atom stereocenters. The standard InChI is InChI=1S/C15H18N4O/c1-9-7-10(2)17-15(16-9)19-6-5-14(18-19)13-8-11(3)20-12(13)4/h5,7-8,18H,6H2,1-4H3. The lowest BCUT2D eigenvalue weighted by Crippen LogP contribution is -2.33. The van der Waals surface area contributed by atoms with E-state index < -0.39 is 0 Å². The molecular weight excluding hydrogens is 252 g/mol. The summed E-state index contributed by atoms with van der Waals surface area (Å²) in [6, 6.07) is 4.01. The first-order valence-electron chi connectivity index (χ1n) is 6.67. The molecule has 0 aliphatic carbocycles. The van der Waals surface area contributed by atoms with Crippen molar-refractivity contribution in [1.29, 1.82) is 0 Å². The summed E-state index contributed by atoms with van der Waals surface area (Å²) in [5, 5.41) is 1.94. The third kappa shape index (κ3) is 2.27. The van der Waals surface area contributed by atoms with Gasteiger partial charge in [0, 0.05) is 17.0 Å². The molecule has 5 heteroatoms.